The number of hydrogen-bond donors (Lipinski definition) is 2. The molecule has 1 aromatic carbocycles. The Kier molecular flexibility index (Phi) is 8.92. The molecule has 1 aliphatic carbocycles. The fourth-order valence-electron chi connectivity index (χ4n) is 3.34. The number of nitrogens with zero attached hydrogens (tertiary/aromatic N) is 4. The first-order valence-electron chi connectivity index (χ1n) is 9.89. The third-order valence-corrected chi connectivity index (χ3v) is 5.24. The molecule has 0 spiro atoms. The molecule has 3 rings (SSSR count). The summed E-state index contributed by atoms with van der Waals surface area (Å²) in [6, 6.07) is 5.69. The average Bonchev–Trinajstić information content (AvgIpc) is 3.30. The highest BCUT2D eigenvalue weighted by Gasteiger charge is 2.29. The lowest BCUT2D eigenvalue weighted by molar-refractivity contribution is -0.137. The molecule has 10 heteroatoms. The Balaban J connectivity index is 0.00000320. The van der Waals surface area contributed by atoms with Gasteiger partial charge >= 0.3 is 6.18 Å². The number of guanidine groups is 1. The van der Waals surface area contributed by atoms with Crippen molar-refractivity contribution in [3.8, 4) is 0 Å². The molecule has 0 saturated heterocycles. The summed E-state index contributed by atoms with van der Waals surface area (Å²) < 4.78 is 39.9. The van der Waals surface area contributed by atoms with Gasteiger partial charge in [-0.05, 0) is 43.9 Å². The van der Waals surface area contributed by atoms with Gasteiger partial charge in [0, 0.05) is 19.6 Å². The number of rotatable bonds is 6. The van der Waals surface area contributed by atoms with Gasteiger partial charge in [-0.25, -0.2) is 4.99 Å². The van der Waals surface area contributed by atoms with Crippen LogP contribution in [0, 0.1) is 6.92 Å². The Morgan fingerprint density at radius 3 is 2.40 bits per heavy atom. The van der Waals surface area contributed by atoms with E-state index in [1.807, 2.05) is 18.5 Å². The fraction of sp³-hybridized carbons (Fsp3) is 0.550. The van der Waals surface area contributed by atoms with Crippen LogP contribution in [0.25, 0.3) is 0 Å². The van der Waals surface area contributed by atoms with Crippen molar-refractivity contribution in [1.29, 1.82) is 0 Å². The van der Waals surface area contributed by atoms with Gasteiger partial charge in [-0.3, -0.25) is 0 Å². The third kappa shape index (κ3) is 6.85. The molecule has 1 aliphatic rings. The Morgan fingerprint density at radius 1 is 1.17 bits per heavy atom. The van der Waals surface area contributed by atoms with Gasteiger partial charge in [-0.1, -0.05) is 25.0 Å². The standard InChI is InChI=1S/C20H27F3N6.HI/c1-14-27-28-18(29(14)2)13-25-19(26-17-5-3-4-6-17)24-12-11-15-7-9-16(10-8-15)20(21,22)23;/h7-10,17H,3-6,11-13H2,1-2H3,(H2,24,25,26);1H. The van der Waals surface area contributed by atoms with E-state index >= 15 is 0 Å². The van der Waals surface area contributed by atoms with Crippen LogP contribution in [0.3, 0.4) is 0 Å². The van der Waals surface area contributed by atoms with Crippen LogP contribution in [-0.4, -0.2) is 33.3 Å². The highest BCUT2D eigenvalue weighted by molar-refractivity contribution is 14.0. The molecule has 166 valence electrons. The molecule has 0 atom stereocenters. The molecule has 1 aromatic heterocycles. The average molecular weight is 536 g/mol. The summed E-state index contributed by atoms with van der Waals surface area (Å²) in [7, 11) is 1.91. The first-order chi connectivity index (χ1) is 13.8. The monoisotopic (exact) mass is 536 g/mol. The van der Waals surface area contributed by atoms with Crippen molar-refractivity contribution in [2.24, 2.45) is 12.0 Å². The quantitative estimate of drug-likeness (QED) is 0.333. The van der Waals surface area contributed by atoms with E-state index in [1.54, 1.807) is 0 Å². The second kappa shape index (κ2) is 11.0. The van der Waals surface area contributed by atoms with Crippen LogP contribution in [0.2, 0.25) is 0 Å². The molecular weight excluding hydrogens is 508 g/mol. The molecule has 6 nitrogen and oxygen atoms in total. The van der Waals surface area contributed by atoms with E-state index in [0.29, 0.717) is 31.5 Å². The van der Waals surface area contributed by atoms with E-state index in [2.05, 4.69) is 25.8 Å². The summed E-state index contributed by atoms with van der Waals surface area (Å²) in [5.74, 6) is 2.30. The number of alkyl halides is 3. The highest BCUT2D eigenvalue weighted by atomic mass is 127. The smallest absolute Gasteiger partial charge is 0.356 e. The van der Waals surface area contributed by atoms with Gasteiger partial charge in [-0.15, -0.1) is 34.2 Å². The zero-order valence-corrected chi connectivity index (χ0v) is 19.5. The second-order valence-corrected chi connectivity index (χ2v) is 7.38. The largest absolute Gasteiger partial charge is 0.416 e. The first kappa shape index (κ1) is 24.4. The summed E-state index contributed by atoms with van der Waals surface area (Å²) in [4.78, 5) is 4.63. The van der Waals surface area contributed by atoms with E-state index in [4.69, 9.17) is 0 Å². The second-order valence-electron chi connectivity index (χ2n) is 7.38. The third-order valence-electron chi connectivity index (χ3n) is 5.24. The number of nitrogens with one attached hydrogen (secondary N) is 2. The predicted octanol–water partition coefficient (Wildman–Crippen LogP) is 3.98. The van der Waals surface area contributed by atoms with E-state index in [0.717, 1.165) is 42.2 Å². The number of aromatic nitrogens is 3. The summed E-state index contributed by atoms with van der Waals surface area (Å²) in [5.41, 5.74) is 0.216. The molecular formula is C20H28F3IN6. The summed E-state index contributed by atoms with van der Waals surface area (Å²) in [6.07, 6.45) is 0.940. The van der Waals surface area contributed by atoms with Crippen LogP contribution < -0.4 is 10.6 Å². The van der Waals surface area contributed by atoms with Crippen LogP contribution >= 0.6 is 24.0 Å². The minimum Gasteiger partial charge on any atom is -0.356 e. The fourth-order valence-corrected chi connectivity index (χ4v) is 3.34. The van der Waals surface area contributed by atoms with Crippen molar-refractivity contribution in [2.45, 2.75) is 57.8 Å². The number of hydrogen-bond acceptors (Lipinski definition) is 3. The van der Waals surface area contributed by atoms with Crippen molar-refractivity contribution < 1.29 is 13.2 Å². The number of aryl methyl sites for hydroxylation is 1. The van der Waals surface area contributed by atoms with Gasteiger partial charge in [0.05, 0.1) is 5.56 Å². The molecule has 0 unspecified atom stereocenters. The van der Waals surface area contributed by atoms with Crippen LogP contribution in [0.1, 0.15) is 48.5 Å². The molecule has 2 N–H and O–H groups in total. The molecule has 1 saturated carbocycles. The normalized spacial score (nSPS) is 15.2. The van der Waals surface area contributed by atoms with E-state index < -0.39 is 11.7 Å². The molecule has 0 aliphatic heterocycles. The Hall–Kier alpha value is -1.85. The van der Waals surface area contributed by atoms with Crippen molar-refractivity contribution in [2.75, 3.05) is 6.54 Å². The maximum absolute atomic E-state index is 12.7. The Labute approximate surface area is 191 Å². The topological polar surface area (TPSA) is 67.1 Å². The lowest BCUT2D eigenvalue weighted by atomic mass is 10.1. The van der Waals surface area contributed by atoms with Crippen LogP contribution in [0.4, 0.5) is 13.2 Å². The van der Waals surface area contributed by atoms with Crippen LogP contribution in [0.5, 0.6) is 0 Å². The Bertz CT molecular complexity index is 826. The molecule has 0 radical (unpaired) electrons. The molecule has 30 heavy (non-hydrogen) atoms. The van der Waals surface area contributed by atoms with Gasteiger partial charge < -0.3 is 15.2 Å². The van der Waals surface area contributed by atoms with Crippen LogP contribution in [-0.2, 0) is 26.2 Å². The molecule has 2 aromatic rings. The van der Waals surface area contributed by atoms with Gasteiger partial charge in [-0.2, -0.15) is 13.2 Å². The summed E-state index contributed by atoms with van der Waals surface area (Å²) in [5, 5.41) is 14.9. The maximum atomic E-state index is 12.7. The minimum absolute atomic E-state index is 0. The minimum atomic E-state index is -4.31. The Morgan fingerprint density at radius 2 is 1.83 bits per heavy atom. The van der Waals surface area contributed by atoms with Crippen LogP contribution in [0.15, 0.2) is 29.3 Å². The zero-order valence-electron chi connectivity index (χ0n) is 17.2. The van der Waals surface area contributed by atoms with Gasteiger partial charge in [0.15, 0.2) is 11.8 Å². The predicted molar refractivity (Wildman–Crippen MR) is 121 cm³/mol. The lowest BCUT2D eigenvalue weighted by Crippen LogP contribution is -2.43. The zero-order chi connectivity index (χ0) is 20.9. The SMILES string of the molecule is Cc1nnc(CN=C(NCCc2ccc(C(F)(F)F)cc2)NC2CCCC2)n1C.I. The van der Waals surface area contributed by atoms with Gasteiger partial charge in [0.25, 0.3) is 0 Å². The number of benzene rings is 1. The molecule has 0 bridgehead atoms. The molecule has 0 amide bonds. The lowest BCUT2D eigenvalue weighted by Gasteiger charge is -2.17. The molecule has 1 heterocycles. The molecule has 1 fully saturated rings. The van der Waals surface area contributed by atoms with Crippen molar-refractivity contribution >= 4 is 29.9 Å². The van der Waals surface area contributed by atoms with Crippen molar-refractivity contribution in [1.82, 2.24) is 25.4 Å². The van der Waals surface area contributed by atoms with E-state index in [-0.39, 0.29) is 24.0 Å². The highest BCUT2D eigenvalue weighted by Crippen LogP contribution is 2.29. The number of aliphatic imine (C=N–C) groups is 1. The summed E-state index contributed by atoms with van der Waals surface area (Å²) in [6.45, 7) is 2.86. The van der Waals surface area contributed by atoms with E-state index in [1.165, 1.54) is 25.0 Å². The summed E-state index contributed by atoms with van der Waals surface area (Å²) >= 11 is 0. The first-order valence-corrected chi connectivity index (χ1v) is 9.89. The van der Waals surface area contributed by atoms with Gasteiger partial charge in [0.2, 0.25) is 0 Å². The van der Waals surface area contributed by atoms with Gasteiger partial charge in [0.1, 0.15) is 12.4 Å². The maximum Gasteiger partial charge on any atom is 0.416 e. The van der Waals surface area contributed by atoms with Crippen molar-refractivity contribution in [3.05, 3.63) is 47.0 Å². The van der Waals surface area contributed by atoms with E-state index in [9.17, 15) is 13.2 Å². The number of halogens is 4. The van der Waals surface area contributed by atoms with Crippen molar-refractivity contribution in [3.63, 3.8) is 0 Å².